The molecule has 1 rings (SSSR count). The Kier molecular flexibility index (Phi) is 4.41. The van der Waals surface area contributed by atoms with E-state index in [0.717, 1.165) is 0 Å². The molecule has 2 amide bonds. The molecular formula is C10H11F2N3O3. The molecule has 0 aromatic heterocycles. The van der Waals surface area contributed by atoms with Gasteiger partial charge in [0.15, 0.2) is 0 Å². The summed E-state index contributed by atoms with van der Waals surface area (Å²) in [4.78, 5) is 20.9. The molecule has 0 aliphatic rings. The second-order valence-corrected chi connectivity index (χ2v) is 3.34. The van der Waals surface area contributed by atoms with Gasteiger partial charge in [-0.05, 0) is 12.1 Å². The van der Waals surface area contributed by atoms with Gasteiger partial charge in [-0.1, -0.05) is 0 Å². The van der Waals surface area contributed by atoms with E-state index in [9.17, 15) is 18.4 Å². The molecule has 0 bridgehead atoms. The van der Waals surface area contributed by atoms with E-state index in [1.165, 1.54) is 0 Å². The fourth-order valence-corrected chi connectivity index (χ4v) is 1.24. The van der Waals surface area contributed by atoms with Crippen molar-refractivity contribution < 1.29 is 23.5 Å². The first-order chi connectivity index (χ1) is 8.41. The lowest BCUT2D eigenvalue weighted by molar-refractivity contribution is 0.0695. The first kappa shape index (κ1) is 13.7. The van der Waals surface area contributed by atoms with Crippen molar-refractivity contribution in [1.82, 2.24) is 5.32 Å². The number of nitrogens with two attached hydrogens (primary N) is 1. The molecule has 0 aliphatic carbocycles. The first-order valence-electron chi connectivity index (χ1n) is 4.91. The third-order valence-corrected chi connectivity index (χ3v) is 2.02. The Hall–Kier alpha value is -2.38. The number of nitrogens with one attached hydrogen (secondary N) is 2. The van der Waals surface area contributed by atoms with Gasteiger partial charge in [0.2, 0.25) is 0 Å². The minimum Gasteiger partial charge on any atom is -0.478 e. The maximum Gasteiger partial charge on any atom is 0.335 e. The molecule has 0 aliphatic heterocycles. The number of carbonyl (C=O) groups excluding carboxylic acids is 1. The van der Waals surface area contributed by atoms with Crippen LogP contribution in [0.1, 0.15) is 10.4 Å². The van der Waals surface area contributed by atoms with Gasteiger partial charge in [-0.15, -0.1) is 0 Å². The normalized spacial score (nSPS) is 9.89. The molecule has 18 heavy (non-hydrogen) atoms. The number of rotatable bonds is 5. The Bertz CT molecular complexity index is 456. The van der Waals surface area contributed by atoms with Crippen LogP contribution in [0.4, 0.5) is 19.3 Å². The van der Waals surface area contributed by atoms with E-state index >= 15 is 0 Å². The van der Waals surface area contributed by atoms with Gasteiger partial charge in [-0.3, -0.25) is 0 Å². The number of hydrogen-bond acceptors (Lipinski definition) is 3. The lowest BCUT2D eigenvalue weighted by atomic mass is 10.2. The first-order valence-corrected chi connectivity index (χ1v) is 4.91. The van der Waals surface area contributed by atoms with Crippen LogP contribution in [0, 0.1) is 11.6 Å². The molecular weight excluding hydrogens is 248 g/mol. The summed E-state index contributed by atoms with van der Waals surface area (Å²) in [6.07, 6.45) is 0. The molecule has 0 spiro atoms. The van der Waals surface area contributed by atoms with Crippen molar-refractivity contribution in [2.45, 2.75) is 0 Å². The van der Waals surface area contributed by atoms with Crippen molar-refractivity contribution in [1.29, 1.82) is 0 Å². The number of amides is 2. The molecule has 0 heterocycles. The van der Waals surface area contributed by atoms with Crippen LogP contribution in [-0.2, 0) is 0 Å². The summed E-state index contributed by atoms with van der Waals surface area (Å²) in [6, 6.07) is 0.656. The number of hydrogen-bond donors (Lipinski definition) is 4. The lowest BCUT2D eigenvalue weighted by Gasteiger charge is -2.09. The fraction of sp³-hybridized carbons (Fsp3) is 0.200. The summed E-state index contributed by atoms with van der Waals surface area (Å²) in [6.45, 7) is 0.123. The summed E-state index contributed by atoms with van der Waals surface area (Å²) in [5, 5.41) is 13.2. The predicted octanol–water partition coefficient (Wildman–Crippen LogP) is 0.743. The molecule has 0 radical (unpaired) electrons. The summed E-state index contributed by atoms with van der Waals surface area (Å²) >= 11 is 0. The van der Waals surface area contributed by atoms with Crippen LogP contribution in [0.2, 0.25) is 0 Å². The maximum absolute atomic E-state index is 13.4. The molecule has 0 unspecified atom stereocenters. The minimum absolute atomic E-state index is 0.0448. The number of urea groups is 1. The summed E-state index contributed by atoms with van der Waals surface area (Å²) in [5.41, 5.74) is 3.86. The molecule has 6 nitrogen and oxygen atoms in total. The Labute approximate surface area is 101 Å². The highest BCUT2D eigenvalue weighted by Gasteiger charge is 2.14. The monoisotopic (exact) mass is 259 g/mol. The predicted molar refractivity (Wildman–Crippen MR) is 59.4 cm³/mol. The molecule has 1 aromatic rings. The van der Waals surface area contributed by atoms with E-state index in [1.807, 2.05) is 0 Å². The van der Waals surface area contributed by atoms with Gasteiger partial charge in [0, 0.05) is 13.1 Å². The topological polar surface area (TPSA) is 104 Å². The summed E-state index contributed by atoms with van der Waals surface area (Å²) in [7, 11) is 0. The van der Waals surface area contributed by atoms with E-state index in [4.69, 9.17) is 10.8 Å². The molecule has 8 heteroatoms. The van der Waals surface area contributed by atoms with Crippen LogP contribution in [0.5, 0.6) is 0 Å². The van der Waals surface area contributed by atoms with E-state index in [-0.39, 0.29) is 13.1 Å². The van der Waals surface area contributed by atoms with Crippen molar-refractivity contribution in [3.8, 4) is 0 Å². The number of carbonyl (C=O) groups is 2. The molecule has 0 atom stereocenters. The van der Waals surface area contributed by atoms with Gasteiger partial charge in [-0.25, -0.2) is 18.4 Å². The quantitative estimate of drug-likeness (QED) is 0.585. The number of aromatic carboxylic acids is 1. The van der Waals surface area contributed by atoms with Crippen molar-refractivity contribution in [2.24, 2.45) is 5.73 Å². The van der Waals surface area contributed by atoms with E-state index < -0.39 is 34.9 Å². The third kappa shape index (κ3) is 3.58. The number of carboxylic acids is 1. The van der Waals surface area contributed by atoms with E-state index in [1.54, 1.807) is 0 Å². The molecule has 98 valence electrons. The van der Waals surface area contributed by atoms with Crippen LogP contribution >= 0.6 is 0 Å². The second kappa shape index (κ2) is 5.80. The van der Waals surface area contributed by atoms with Crippen molar-refractivity contribution >= 4 is 17.7 Å². The minimum atomic E-state index is -1.42. The third-order valence-electron chi connectivity index (χ3n) is 2.02. The number of anilines is 1. The highest BCUT2D eigenvalue weighted by Crippen LogP contribution is 2.20. The lowest BCUT2D eigenvalue weighted by Crippen LogP contribution is -2.33. The van der Waals surface area contributed by atoms with Gasteiger partial charge >= 0.3 is 12.0 Å². The fourth-order valence-electron chi connectivity index (χ4n) is 1.24. The molecule has 5 N–H and O–H groups in total. The van der Waals surface area contributed by atoms with E-state index in [2.05, 4.69) is 10.6 Å². The van der Waals surface area contributed by atoms with Crippen molar-refractivity contribution in [2.75, 3.05) is 18.4 Å². The van der Waals surface area contributed by atoms with Crippen LogP contribution in [0.3, 0.4) is 0 Å². The van der Waals surface area contributed by atoms with Gasteiger partial charge < -0.3 is 21.5 Å². The number of halogens is 2. The second-order valence-electron chi connectivity index (χ2n) is 3.34. The molecule has 0 fully saturated rings. The van der Waals surface area contributed by atoms with E-state index in [0.29, 0.717) is 12.1 Å². The Balaban J connectivity index is 2.72. The Morgan fingerprint density at radius 2 is 1.78 bits per heavy atom. The molecule has 1 aromatic carbocycles. The highest BCUT2D eigenvalue weighted by molar-refractivity contribution is 5.88. The zero-order chi connectivity index (χ0) is 13.7. The van der Waals surface area contributed by atoms with Gasteiger partial charge in [0.05, 0.1) is 5.56 Å². The summed E-state index contributed by atoms with van der Waals surface area (Å²) < 4.78 is 26.8. The van der Waals surface area contributed by atoms with Crippen LogP contribution in [0.25, 0.3) is 0 Å². The molecule has 0 saturated carbocycles. The largest absolute Gasteiger partial charge is 0.478 e. The average molecular weight is 259 g/mol. The number of carboxylic acid groups (broad SMARTS) is 1. The number of primary amides is 1. The zero-order valence-electron chi connectivity index (χ0n) is 9.17. The van der Waals surface area contributed by atoms with Crippen LogP contribution in [-0.4, -0.2) is 30.2 Å². The summed E-state index contributed by atoms with van der Waals surface area (Å²) in [5.74, 6) is -3.47. The SMILES string of the molecule is NC(=O)NCCNc1c(F)cc(C(=O)O)cc1F. The Morgan fingerprint density at radius 3 is 2.22 bits per heavy atom. The zero-order valence-corrected chi connectivity index (χ0v) is 9.17. The smallest absolute Gasteiger partial charge is 0.335 e. The molecule has 0 saturated heterocycles. The van der Waals surface area contributed by atoms with Crippen molar-refractivity contribution in [3.63, 3.8) is 0 Å². The highest BCUT2D eigenvalue weighted by atomic mass is 19.1. The van der Waals surface area contributed by atoms with Crippen LogP contribution < -0.4 is 16.4 Å². The van der Waals surface area contributed by atoms with Gasteiger partial charge in [-0.2, -0.15) is 0 Å². The van der Waals surface area contributed by atoms with Gasteiger partial charge in [0.25, 0.3) is 0 Å². The Morgan fingerprint density at radius 1 is 1.22 bits per heavy atom. The van der Waals surface area contributed by atoms with Crippen LogP contribution in [0.15, 0.2) is 12.1 Å². The van der Waals surface area contributed by atoms with Gasteiger partial charge in [0.1, 0.15) is 17.3 Å². The van der Waals surface area contributed by atoms with Crippen molar-refractivity contribution in [3.05, 3.63) is 29.3 Å². The number of benzene rings is 1. The standard InChI is InChI=1S/C10H11F2N3O3/c11-6-3-5(9(16)17)4-7(12)8(6)14-1-2-15-10(13)18/h3-4,14H,1-2H2,(H,16,17)(H3,13,15,18). The maximum atomic E-state index is 13.4. The average Bonchev–Trinajstić information content (AvgIpc) is 2.26.